The Labute approximate surface area is 113 Å². The Morgan fingerprint density at radius 3 is 3.05 bits per heavy atom. The largest absolute Gasteiger partial charge is 0.485 e. The van der Waals surface area contributed by atoms with Crippen molar-refractivity contribution in [1.29, 1.82) is 0 Å². The molecule has 1 atom stereocenters. The van der Waals surface area contributed by atoms with Gasteiger partial charge < -0.3 is 9.47 Å². The molecule has 0 N–H and O–H groups in total. The average Bonchev–Trinajstić information content (AvgIpc) is 2.39. The molecular formula is C12H11FN2O5. The zero-order valence-electron chi connectivity index (χ0n) is 10.5. The number of carbonyl (C=O) groups is 1. The van der Waals surface area contributed by atoms with Crippen molar-refractivity contribution in [2.24, 2.45) is 4.99 Å². The second-order valence-electron chi connectivity index (χ2n) is 3.94. The van der Waals surface area contributed by atoms with E-state index in [-0.39, 0.29) is 30.4 Å². The summed E-state index contributed by atoms with van der Waals surface area (Å²) in [7, 11) is 0. The molecule has 0 spiro atoms. The molecule has 2 rings (SSSR count). The molecule has 0 radical (unpaired) electrons. The Bertz CT molecular complexity index is 587. The molecule has 1 heterocycles. The van der Waals surface area contributed by atoms with E-state index in [2.05, 4.69) is 9.73 Å². The third kappa shape index (κ3) is 2.73. The first kappa shape index (κ1) is 13.9. The predicted octanol–water partition coefficient (Wildman–Crippen LogP) is 1.50. The minimum absolute atomic E-state index is 0.0269. The number of nitrogens with zero attached hydrogens (tertiary/aromatic N) is 2. The number of ether oxygens (including phenoxy) is 2. The molecule has 1 aromatic carbocycles. The first-order valence-electron chi connectivity index (χ1n) is 5.83. The number of aliphatic imine (C=N–C) groups is 1. The van der Waals surface area contributed by atoms with Gasteiger partial charge >= 0.3 is 12.0 Å². The fourth-order valence-electron chi connectivity index (χ4n) is 1.74. The monoisotopic (exact) mass is 282 g/mol. The molecule has 1 aliphatic rings. The summed E-state index contributed by atoms with van der Waals surface area (Å²) < 4.78 is 22.8. The molecule has 8 heteroatoms. The highest BCUT2D eigenvalue weighted by Crippen LogP contribution is 2.31. The normalized spacial score (nSPS) is 14.6. The molecule has 106 valence electrons. The van der Waals surface area contributed by atoms with Gasteiger partial charge in [-0.3, -0.25) is 10.1 Å². The Kier molecular flexibility index (Phi) is 3.92. The van der Waals surface area contributed by atoms with Crippen molar-refractivity contribution in [2.75, 3.05) is 13.2 Å². The van der Waals surface area contributed by atoms with Gasteiger partial charge in [0.1, 0.15) is 29.6 Å². The van der Waals surface area contributed by atoms with Gasteiger partial charge in [-0.05, 0) is 19.1 Å². The van der Waals surface area contributed by atoms with Crippen LogP contribution in [0.3, 0.4) is 0 Å². The number of halogens is 1. The fourth-order valence-corrected chi connectivity index (χ4v) is 1.74. The van der Waals surface area contributed by atoms with Gasteiger partial charge in [0.25, 0.3) is 0 Å². The highest BCUT2D eigenvalue weighted by Gasteiger charge is 2.39. The predicted molar refractivity (Wildman–Crippen MR) is 66.4 cm³/mol. The van der Waals surface area contributed by atoms with Gasteiger partial charge in [0, 0.05) is 11.0 Å². The van der Waals surface area contributed by atoms with Crippen LogP contribution in [0.25, 0.3) is 0 Å². The lowest BCUT2D eigenvalue weighted by Crippen LogP contribution is -2.42. The van der Waals surface area contributed by atoms with Gasteiger partial charge in [-0.2, -0.15) is 0 Å². The molecule has 1 aromatic rings. The minimum atomic E-state index is -1.71. The van der Waals surface area contributed by atoms with Crippen molar-refractivity contribution in [3.8, 4) is 5.75 Å². The topological polar surface area (TPSA) is 91.0 Å². The third-order valence-corrected chi connectivity index (χ3v) is 2.60. The molecule has 1 unspecified atom stereocenters. The van der Waals surface area contributed by atoms with Gasteiger partial charge in [-0.25, -0.2) is 14.2 Å². The number of carbonyl (C=O) groups excluding carboxylic acids is 1. The zero-order valence-corrected chi connectivity index (χ0v) is 10.5. The maximum atomic E-state index is 13.0. The number of esters is 1. The molecule has 0 fully saturated rings. The minimum Gasteiger partial charge on any atom is -0.485 e. The molecule has 0 amide bonds. The third-order valence-electron chi connectivity index (χ3n) is 2.60. The van der Waals surface area contributed by atoms with E-state index in [1.54, 1.807) is 6.92 Å². The SMILES string of the molecule is CCOC(=O)C(C1=Nc2ccc(F)cc2OC1)[N+](=O)[O-]. The van der Waals surface area contributed by atoms with Crippen molar-refractivity contribution in [3.05, 3.63) is 34.1 Å². The van der Waals surface area contributed by atoms with E-state index in [0.717, 1.165) is 12.1 Å². The van der Waals surface area contributed by atoms with Crippen molar-refractivity contribution >= 4 is 17.4 Å². The van der Waals surface area contributed by atoms with Crippen molar-refractivity contribution < 1.29 is 23.6 Å². The summed E-state index contributed by atoms with van der Waals surface area (Å²) in [6.07, 6.45) is 0. The average molecular weight is 282 g/mol. The highest BCUT2D eigenvalue weighted by atomic mass is 19.1. The number of fused-ring (bicyclic) bond motifs is 1. The summed E-state index contributed by atoms with van der Waals surface area (Å²) >= 11 is 0. The van der Waals surface area contributed by atoms with Crippen LogP contribution in [0.1, 0.15) is 6.92 Å². The Hall–Kier alpha value is -2.51. The van der Waals surface area contributed by atoms with Crippen LogP contribution in [0.4, 0.5) is 10.1 Å². The maximum Gasteiger partial charge on any atom is 0.388 e. The molecule has 20 heavy (non-hydrogen) atoms. The Balaban J connectivity index is 2.34. The molecule has 0 aliphatic carbocycles. The summed E-state index contributed by atoms with van der Waals surface area (Å²) in [5.41, 5.74) is 0.163. The highest BCUT2D eigenvalue weighted by molar-refractivity contribution is 6.07. The number of hydrogen-bond donors (Lipinski definition) is 0. The number of nitro groups is 1. The summed E-state index contributed by atoms with van der Waals surface area (Å²) in [5.74, 6) is -1.32. The van der Waals surface area contributed by atoms with Crippen LogP contribution < -0.4 is 4.74 Å². The van der Waals surface area contributed by atoms with Crippen LogP contribution in [0.2, 0.25) is 0 Å². The van der Waals surface area contributed by atoms with E-state index in [4.69, 9.17) is 4.74 Å². The first-order chi connectivity index (χ1) is 9.52. The molecule has 0 bridgehead atoms. The molecule has 0 saturated heterocycles. The summed E-state index contributed by atoms with van der Waals surface area (Å²) in [4.78, 5) is 25.8. The summed E-state index contributed by atoms with van der Waals surface area (Å²) in [6, 6.07) is 1.89. The lowest BCUT2D eigenvalue weighted by molar-refractivity contribution is -0.492. The van der Waals surface area contributed by atoms with E-state index >= 15 is 0 Å². The molecule has 7 nitrogen and oxygen atoms in total. The lowest BCUT2D eigenvalue weighted by atomic mass is 10.1. The zero-order chi connectivity index (χ0) is 14.7. The first-order valence-corrected chi connectivity index (χ1v) is 5.83. The standard InChI is InChI=1S/C12H11FN2O5/c1-2-19-12(16)11(15(17)18)9-6-20-10-5-7(13)3-4-8(10)14-9/h3-5,11H,2,6H2,1H3. The number of rotatable bonds is 4. The Morgan fingerprint density at radius 2 is 2.40 bits per heavy atom. The van der Waals surface area contributed by atoms with Crippen molar-refractivity contribution in [2.45, 2.75) is 13.0 Å². The van der Waals surface area contributed by atoms with Crippen LogP contribution in [-0.4, -0.2) is 35.9 Å². The number of hydrogen-bond acceptors (Lipinski definition) is 6. The van der Waals surface area contributed by atoms with Crippen LogP contribution in [0, 0.1) is 15.9 Å². The van der Waals surface area contributed by atoms with E-state index in [0.29, 0.717) is 0 Å². The summed E-state index contributed by atoms with van der Waals surface area (Å²) in [6.45, 7) is 1.31. The van der Waals surface area contributed by atoms with Crippen LogP contribution in [0.5, 0.6) is 5.75 Å². The van der Waals surface area contributed by atoms with E-state index in [1.165, 1.54) is 6.07 Å². The molecular weight excluding hydrogens is 271 g/mol. The second-order valence-corrected chi connectivity index (χ2v) is 3.94. The van der Waals surface area contributed by atoms with Gasteiger partial charge in [0.05, 0.1) is 6.61 Å². The van der Waals surface area contributed by atoms with Crippen LogP contribution >= 0.6 is 0 Å². The second kappa shape index (κ2) is 5.64. The van der Waals surface area contributed by atoms with E-state index in [1.807, 2.05) is 0 Å². The lowest BCUT2D eigenvalue weighted by Gasteiger charge is -2.18. The molecule has 1 aliphatic heterocycles. The maximum absolute atomic E-state index is 13.0. The van der Waals surface area contributed by atoms with Gasteiger partial charge in [-0.15, -0.1) is 0 Å². The van der Waals surface area contributed by atoms with Gasteiger partial charge in [-0.1, -0.05) is 0 Å². The Morgan fingerprint density at radius 1 is 1.65 bits per heavy atom. The molecule has 0 aromatic heterocycles. The van der Waals surface area contributed by atoms with Gasteiger partial charge in [0.15, 0.2) is 0 Å². The van der Waals surface area contributed by atoms with E-state index in [9.17, 15) is 19.3 Å². The van der Waals surface area contributed by atoms with Gasteiger partial charge in [0.2, 0.25) is 0 Å². The van der Waals surface area contributed by atoms with Crippen LogP contribution in [-0.2, 0) is 9.53 Å². The van der Waals surface area contributed by atoms with Crippen LogP contribution in [0.15, 0.2) is 23.2 Å². The fraction of sp³-hybridized carbons (Fsp3) is 0.333. The van der Waals surface area contributed by atoms with Crippen molar-refractivity contribution in [1.82, 2.24) is 0 Å². The molecule has 0 saturated carbocycles. The van der Waals surface area contributed by atoms with Crippen molar-refractivity contribution in [3.63, 3.8) is 0 Å². The smallest absolute Gasteiger partial charge is 0.388 e. The van der Waals surface area contributed by atoms with E-state index < -0.39 is 22.8 Å². The quantitative estimate of drug-likeness (QED) is 0.474. The number of benzene rings is 1. The summed E-state index contributed by atoms with van der Waals surface area (Å²) in [5, 5.41) is 11.0.